The van der Waals surface area contributed by atoms with Crippen molar-refractivity contribution in [2.75, 3.05) is 0 Å². The fraction of sp³-hybridized carbons (Fsp3) is 0. The van der Waals surface area contributed by atoms with E-state index in [1.807, 2.05) is 0 Å². The largest absolute Gasteiger partial charge is 0.326 e. The van der Waals surface area contributed by atoms with Gasteiger partial charge in [0.2, 0.25) is 0 Å². The number of carbonyl (C=O) groups is 2. The van der Waals surface area contributed by atoms with E-state index in [1.165, 1.54) is 18.5 Å². The molecule has 0 radical (unpaired) electrons. The molecule has 1 aliphatic heterocycles. The topological polar surface area (TPSA) is 84.0 Å². The molecule has 14 heavy (non-hydrogen) atoms. The minimum absolute atomic E-state index is 0.211. The molecule has 3 amide bonds. The number of aromatic nitrogens is 2. The predicted octanol–water partition coefficient (Wildman–Crippen LogP) is -0.343. The molecule has 6 nitrogen and oxygen atoms in total. The molecule has 70 valence electrons. The average Bonchev–Trinajstić information content (AvgIpc) is 2.47. The number of carbonyl (C=O) groups excluding carboxylic acids is 2. The van der Waals surface area contributed by atoms with E-state index in [0.717, 1.165) is 0 Å². The zero-order chi connectivity index (χ0) is 9.97. The van der Waals surface area contributed by atoms with Gasteiger partial charge in [-0.3, -0.25) is 10.1 Å². The minimum Gasteiger partial charge on any atom is -0.303 e. The fourth-order valence-corrected chi connectivity index (χ4v) is 1.04. The Labute approximate surface area is 79.0 Å². The van der Waals surface area contributed by atoms with Crippen LogP contribution in [0.3, 0.4) is 0 Å². The number of nitrogens with one attached hydrogen (secondary N) is 2. The quantitative estimate of drug-likeness (QED) is 0.468. The zero-order valence-electron chi connectivity index (χ0n) is 7.02. The first-order chi connectivity index (χ1) is 6.75. The maximum absolute atomic E-state index is 11.1. The highest BCUT2D eigenvalue weighted by Gasteiger charge is 2.22. The molecule has 1 aromatic heterocycles. The van der Waals surface area contributed by atoms with Crippen LogP contribution in [0, 0.1) is 0 Å². The van der Waals surface area contributed by atoms with E-state index in [2.05, 4.69) is 20.8 Å². The Balaban J connectivity index is 2.28. The molecular weight excluding hydrogens is 184 g/mol. The molecule has 1 aliphatic rings. The number of nitrogens with zero attached hydrogens (tertiary/aromatic N) is 2. The van der Waals surface area contributed by atoms with Crippen molar-refractivity contribution in [1.82, 2.24) is 20.8 Å². The summed E-state index contributed by atoms with van der Waals surface area (Å²) in [5.41, 5.74) is 0.912. The van der Waals surface area contributed by atoms with Gasteiger partial charge in [0.25, 0.3) is 5.91 Å². The molecule has 0 saturated carbocycles. The zero-order valence-corrected chi connectivity index (χ0v) is 7.02. The third kappa shape index (κ3) is 1.58. The molecule has 6 heteroatoms. The molecule has 2 rings (SSSR count). The monoisotopic (exact) mass is 190 g/mol. The van der Waals surface area contributed by atoms with Crippen molar-refractivity contribution in [3.05, 3.63) is 29.7 Å². The van der Waals surface area contributed by atoms with E-state index < -0.39 is 11.9 Å². The number of imide groups is 1. The summed E-state index contributed by atoms with van der Waals surface area (Å²) in [6.07, 6.45) is 4.51. The van der Waals surface area contributed by atoms with Gasteiger partial charge < -0.3 is 5.32 Å². The number of urea groups is 1. The summed E-state index contributed by atoms with van der Waals surface area (Å²) in [6, 6.07) is 1.17. The Hall–Kier alpha value is -2.24. The van der Waals surface area contributed by atoms with E-state index in [0.29, 0.717) is 5.56 Å². The van der Waals surface area contributed by atoms with Gasteiger partial charge in [-0.05, 0) is 17.7 Å². The predicted molar refractivity (Wildman–Crippen MR) is 46.7 cm³/mol. The van der Waals surface area contributed by atoms with Crippen molar-refractivity contribution in [3.8, 4) is 0 Å². The molecule has 0 spiro atoms. The van der Waals surface area contributed by atoms with E-state index in [-0.39, 0.29) is 5.70 Å². The molecule has 1 saturated heterocycles. The van der Waals surface area contributed by atoms with E-state index >= 15 is 0 Å². The third-order valence-electron chi connectivity index (χ3n) is 1.64. The lowest BCUT2D eigenvalue weighted by Crippen LogP contribution is -2.22. The Bertz CT molecular complexity index is 413. The van der Waals surface area contributed by atoms with Crippen molar-refractivity contribution in [3.63, 3.8) is 0 Å². The van der Waals surface area contributed by atoms with Crippen LogP contribution >= 0.6 is 0 Å². The first kappa shape index (κ1) is 8.36. The lowest BCUT2D eigenvalue weighted by Gasteiger charge is -1.93. The summed E-state index contributed by atoms with van der Waals surface area (Å²) in [5.74, 6) is -0.438. The molecule has 0 atom stereocenters. The number of amides is 3. The Morgan fingerprint density at radius 1 is 1.21 bits per heavy atom. The van der Waals surface area contributed by atoms with Gasteiger partial charge in [-0.2, -0.15) is 10.2 Å². The second kappa shape index (κ2) is 3.25. The molecule has 1 aromatic rings. The minimum atomic E-state index is -0.511. The van der Waals surface area contributed by atoms with Crippen molar-refractivity contribution in [2.24, 2.45) is 0 Å². The Morgan fingerprint density at radius 3 is 2.64 bits per heavy atom. The molecular formula is C8H6N4O2. The molecule has 2 N–H and O–H groups in total. The maximum atomic E-state index is 11.1. The van der Waals surface area contributed by atoms with Gasteiger partial charge in [0.15, 0.2) is 0 Å². The molecule has 0 unspecified atom stereocenters. The van der Waals surface area contributed by atoms with Crippen LogP contribution in [-0.4, -0.2) is 22.1 Å². The highest BCUT2D eigenvalue weighted by atomic mass is 16.2. The van der Waals surface area contributed by atoms with Gasteiger partial charge >= 0.3 is 6.03 Å². The van der Waals surface area contributed by atoms with E-state index in [9.17, 15) is 9.59 Å². The van der Waals surface area contributed by atoms with Crippen LogP contribution in [-0.2, 0) is 4.79 Å². The Kier molecular flexibility index (Phi) is 1.94. The lowest BCUT2D eigenvalue weighted by molar-refractivity contribution is -0.115. The first-order valence-corrected chi connectivity index (χ1v) is 3.86. The highest BCUT2D eigenvalue weighted by Crippen LogP contribution is 2.05. The van der Waals surface area contributed by atoms with E-state index in [1.54, 1.807) is 6.07 Å². The van der Waals surface area contributed by atoms with Crippen molar-refractivity contribution < 1.29 is 9.59 Å². The summed E-state index contributed by atoms with van der Waals surface area (Å²) >= 11 is 0. The summed E-state index contributed by atoms with van der Waals surface area (Å²) in [7, 11) is 0. The first-order valence-electron chi connectivity index (χ1n) is 3.86. The van der Waals surface area contributed by atoms with Crippen LogP contribution in [0.15, 0.2) is 24.2 Å². The highest BCUT2D eigenvalue weighted by molar-refractivity contribution is 6.13. The summed E-state index contributed by atoms with van der Waals surface area (Å²) in [6.45, 7) is 0. The van der Waals surface area contributed by atoms with Crippen LogP contribution in [0.25, 0.3) is 6.08 Å². The van der Waals surface area contributed by atoms with Gasteiger partial charge in [-0.1, -0.05) is 0 Å². The second-order valence-corrected chi connectivity index (χ2v) is 2.64. The molecule has 0 aliphatic carbocycles. The van der Waals surface area contributed by atoms with Crippen molar-refractivity contribution >= 4 is 18.0 Å². The van der Waals surface area contributed by atoms with E-state index in [4.69, 9.17) is 0 Å². The van der Waals surface area contributed by atoms with Gasteiger partial charge in [0.1, 0.15) is 5.70 Å². The summed E-state index contributed by atoms with van der Waals surface area (Å²) < 4.78 is 0. The van der Waals surface area contributed by atoms with Crippen LogP contribution in [0.5, 0.6) is 0 Å². The SMILES string of the molecule is O=C1NC(=O)/C(=C/c2ccnnc2)N1. The number of hydrogen-bond acceptors (Lipinski definition) is 4. The smallest absolute Gasteiger partial charge is 0.303 e. The van der Waals surface area contributed by atoms with Crippen molar-refractivity contribution in [1.29, 1.82) is 0 Å². The van der Waals surface area contributed by atoms with Gasteiger partial charge in [0.05, 0.1) is 12.4 Å². The number of rotatable bonds is 1. The molecule has 2 heterocycles. The van der Waals surface area contributed by atoms with Crippen LogP contribution in [0.1, 0.15) is 5.56 Å². The normalized spacial score (nSPS) is 18.1. The summed E-state index contributed by atoms with van der Waals surface area (Å²) in [4.78, 5) is 21.8. The Morgan fingerprint density at radius 2 is 2.07 bits per heavy atom. The third-order valence-corrected chi connectivity index (χ3v) is 1.64. The van der Waals surface area contributed by atoms with Gasteiger partial charge in [-0.15, -0.1) is 0 Å². The number of hydrogen-bond donors (Lipinski definition) is 2. The lowest BCUT2D eigenvalue weighted by atomic mass is 10.2. The van der Waals surface area contributed by atoms with Gasteiger partial charge in [0, 0.05) is 0 Å². The second-order valence-electron chi connectivity index (χ2n) is 2.64. The van der Waals surface area contributed by atoms with Crippen LogP contribution in [0.4, 0.5) is 4.79 Å². The average molecular weight is 190 g/mol. The standard InChI is InChI=1S/C8H6N4O2/c13-7-6(11-8(14)12-7)3-5-1-2-9-10-4-5/h1-4H,(H2,11,12,13,14)/b6-3-. The van der Waals surface area contributed by atoms with Crippen molar-refractivity contribution in [2.45, 2.75) is 0 Å². The maximum Gasteiger partial charge on any atom is 0.326 e. The molecule has 0 aromatic carbocycles. The molecule has 0 bridgehead atoms. The van der Waals surface area contributed by atoms with Gasteiger partial charge in [-0.25, -0.2) is 4.79 Å². The van der Waals surface area contributed by atoms with Crippen LogP contribution < -0.4 is 10.6 Å². The van der Waals surface area contributed by atoms with Crippen LogP contribution in [0.2, 0.25) is 0 Å². The fourth-order valence-electron chi connectivity index (χ4n) is 1.04. The molecule has 1 fully saturated rings. The summed E-state index contributed by atoms with van der Waals surface area (Å²) in [5, 5.41) is 11.7.